The van der Waals surface area contributed by atoms with Crippen LogP contribution in [0.1, 0.15) is 53.4 Å². The Hall–Kier alpha value is -0.900. The van der Waals surface area contributed by atoms with E-state index in [2.05, 4.69) is 26.1 Å². The second-order valence-electron chi connectivity index (χ2n) is 6.50. The maximum atomic E-state index is 12.4. The van der Waals surface area contributed by atoms with Gasteiger partial charge in [0.1, 0.15) is 5.78 Å². The summed E-state index contributed by atoms with van der Waals surface area (Å²) < 4.78 is 0. The van der Waals surface area contributed by atoms with Gasteiger partial charge in [-0.25, -0.2) is 0 Å². The molecule has 0 spiro atoms. The molecule has 2 heterocycles. The first-order valence-electron chi connectivity index (χ1n) is 8.51. The van der Waals surface area contributed by atoms with Crippen molar-refractivity contribution in [3.63, 3.8) is 0 Å². The van der Waals surface area contributed by atoms with Crippen molar-refractivity contribution in [1.82, 2.24) is 10.2 Å². The smallest absolute Gasteiger partial charge is 0.225 e. The molecule has 2 rings (SSSR count). The van der Waals surface area contributed by atoms with Gasteiger partial charge in [0.05, 0.1) is 0 Å². The first-order valence-corrected chi connectivity index (χ1v) is 8.51. The molecule has 2 fully saturated rings. The lowest BCUT2D eigenvalue weighted by molar-refractivity contribution is -0.141. The number of nitrogens with zero attached hydrogens (tertiary/aromatic N) is 1. The molecule has 0 saturated carbocycles. The molecule has 0 bridgehead atoms. The predicted molar refractivity (Wildman–Crippen MR) is 86.1 cm³/mol. The average molecular weight is 296 g/mol. The summed E-state index contributed by atoms with van der Waals surface area (Å²) in [6.45, 7) is 11.4. The Labute approximate surface area is 129 Å². The van der Waals surface area contributed by atoms with Crippen LogP contribution < -0.4 is 5.32 Å². The van der Waals surface area contributed by atoms with E-state index in [9.17, 15) is 9.59 Å². The van der Waals surface area contributed by atoms with Crippen molar-refractivity contribution in [3.05, 3.63) is 0 Å². The highest BCUT2D eigenvalue weighted by molar-refractivity contribution is 5.81. The Balaban J connectivity index is 0.000000677. The number of likely N-dealkylation sites (tertiary alicyclic amines) is 1. The molecule has 122 valence electrons. The molecule has 2 atom stereocenters. The fourth-order valence-corrected chi connectivity index (χ4v) is 3.28. The van der Waals surface area contributed by atoms with Gasteiger partial charge < -0.3 is 10.2 Å². The third kappa shape index (κ3) is 5.42. The zero-order chi connectivity index (χ0) is 15.8. The Morgan fingerprint density at radius 3 is 2.19 bits per heavy atom. The minimum Gasteiger partial charge on any atom is -0.342 e. The fourth-order valence-electron chi connectivity index (χ4n) is 3.28. The van der Waals surface area contributed by atoms with Crippen molar-refractivity contribution in [3.8, 4) is 0 Å². The first-order chi connectivity index (χ1) is 10.0. The number of carbonyl (C=O) groups excluding carboxylic acids is 2. The Morgan fingerprint density at radius 2 is 1.71 bits per heavy atom. The molecule has 2 aliphatic heterocycles. The van der Waals surface area contributed by atoms with E-state index in [-0.39, 0.29) is 17.6 Å². The van der Waals surface area contributed by atoms with Crippen LogP contribution in [0.3, 0.4) is 0 Å². The molecule has 1 N–H and O–H groups in total. The SMILES string of the molecule is CC(=O)C1CCN(C(=O)C2CCNCC2)CC1C.CCC. The summed E-state index contributed by atoms with van der Waals surface area (Å²) in [5, 5.41) is 3.29. The van der Waals surface area contributed by atoms with Crippen LogP contribution in [0.25, 0.3) is 0 Å². The van der Waals surface area contributed by atoms with Crippen LogP contribution in [0.4, 0.5) is 0 Å². The number of hydrogen-bond acceptors (Lipinski definition) is 3. The minimum absolute atomic E-state index is 0.155. The van der Waals surface area contributed by atoms with Crippen molar-refractivity contribution < 1.29 is 9.59 Å². The van der Waals surface area contributed by atoms with Crippen LogP contribution in [-0.2, 0) is 9.59 Å². The van der Waals surface area contributed by atoms with Gasteiger partial charge in [-0.2, -0.15) is 0 Å². The van der Waals surface area contributed by atoms with Crippen molar-refractivity contribution in [2.24, 2.45) is 17.8 Å². The summed E-state index contributed by atoms with van der Waals surface area (Å²) in [7, 11) is 0. The molecule has 0 radical (unpaired) electrons. The molecule has 4 nitrogen and oxygen atoms in total. The Bertz CT molecular complexity index is 338. The molecular formula is C17H32N2O2. The van der Waals surface area contributed by atoms with Crippen LogP contribution in [-0.4, -0.2) is 42.8 Å². The topological polar surface area (TPSA) is 49.4 Å². The van der Waals surface area contributed by atoms with Crippen molar-refractivity contribution in [2.45, 2.75) is 53.4 Å². The van der Waals surface area contributed by atoms with Gasteiger partial charge in [0, 0.05) is 24.9 Å². The lowest BCUT2D eigenvalue weighted by Gasteiger charge is -2.38. The largest absolute Gasteiger partial charge is 0.342 e. The van der Waals surface area contributed by atoms with Gasteiger partial charge in [0.15, 0.2) is 0 Å². The van der Waals surface area contributed by atoms with E-state index < -0.39 is 0 Å². The average Bonchev–Trinajstić information content (AvgIpc) is 2.47. The van der Waals surface area contributed by atoms with E-state index in [1.165, 1.54) is 6.42 Å². The monoisotopic (exact) mass is 296 g/mol. The first kappa shape index (κ1) is 18.1. The van der Waals surface area contributed by atoms with Crippen molar-refractivity contribution >= 4 is 11.7 Å². The van der Waals surface area contributed by atoms with E-state index in [0.717, 1.165) is 45.4 Å². The van der Waals surface area contributed by atoms with Crippen molar-refractivity contribution in [2.75, 3.05) is 26.2 Å². The summed E-state index contributed by atoms with van der Waals surface area (Å²) >= 11 is 0. The van der Waals surface area contributed by atoms with Gasteiger partial charge in [-0.1, -0.05) is 27.2 Å². The van der Waals surface area contributed by atoms with Crippen LogP contribution in [0, 0.1) is 17.8 Å². The maximum Gasteiger partial charge on any atom is 0.225 e. The zero-order valence-electron chi connectivity index (χ0n) is 14.2. The molecule has 2 unspecified atom stereocenters. The van der Waals surface area contributed by atoms with Gasteiger partial charge in [-0.3, -0.25) is 9.59 Å². The number of amides is 1. The summed E-state index contributed by atoms with van der Waals surface area (Å²) in [6, 6.07) is 0. The van der Waals surface area contributed by atoms with Crippen LogP contribution in [0.5, 0.6) is 0 Å². The summed E-state index contributed by atoms with van der Waals surface area (Å²) in [4.78, 5) is 25.9. The number of ketones is 1. The number of piperidine rings is 2. The number of Topliss-reactive ketones (excluding diaryl/α,β-unsaturated/α-hetero) is 1. The molecule has 2 saturated heterocycles. The van der Waals surface area contributed by atoms with Crippen LogP contribution in [0.15, 0.2) is 0 Å². The van der Waals surface area contributed by atoms with E-state index >= 15 is 0 Å². The highest BCUT2D eigenvalue weighted by Gasteiger charge is 2.33. The highest BCUT2D eigenvalue weighted by atomic mass is 16.2. The number of carbonyl (C=O) groups is 2. The van der Waals surface area contributed by atoms with Gasteiger partial charge in [0.25, 0.3) is 0 Å². The predicted octanol–water partition coefficient (Wildman–Crippen LogP) is 2.48. The van der Waals surface area contributed by atoms with E-state index in [1.807, 2.05) is 4.90 Å². The highest BCUT2D eigenvalue weighted by Crippen LogP contribution is 2.26. The van der Waals surface area contributed by atoms with Gasteiger partial charge in [0.2, 0.25) is 5.91 Å². The molecular weight excluding hydrogens is 264 g/mol. The third-order valence-electron chi connectivity index (χ3n) is 4.43. The maximum absolute atomic E-state index is 12.4. The molecule has 4 heteroatoms. The molecule has 2 aliphatic rings. The molecule has 0 aromatic carbocycles. The quantitative estimate of drug-likeness (QED) is 0.851. The Kier molecular flexibility index (Phi) is 7.94. The second kappa shape index (κ2) is 9.19. The second-order valence-corrected chi connectivity index (χ2v) is 6.50. The molecule has 21 heavy (non-hydrogen) atoms. The number of hydrogen-bond donors (Lipinski definition) is 1. The lowest BCUT2D eigenvalue weighted by Crippen LogP contribution is -2.48. The molecule has 1 amide bonds. The zero-order valence-corrected chi connectivity index (χ0v) is 14.2. The summed E-state index contributed by atoms with van der Waals surface area (Å²) in [6.07, 6.45) is 4.01. The molecule has 0 aromatic rings. The minimum atomic E-state index is 0.155. The summed E-state index contributed by atoms with van der Waals surface area (Å²) in [5.74, 6) is 1.25. The standard InChI is InChI=1S/C14H24N2O2.C3H8/c1-10-9-16(8-5-13(10)11(2)17)14(18)12-3-6-15-7-4-12;1-3-2/h10,12-13,15H,3-9H2,1-2H3;3H2,1-2H3. The Morgan fingerprint density at radius 1 is 1.14 bits per heavy atom. The number of rotatable bonds is 2. The van der Waals surface area contributed by atoms with Gasteiger partial charge in [-0.15, -0.1) is 0 Å². The van der Waals surface area contributed by atoms with Gasteiger partial charge in [-0.05, 0) is 45.2 Å². The van der Waals surface area contributed by atoms with Crippen LogP contribution in [0.2, 0.25) is 0 Å². The molecule has 0 aliphatic carbocycles. The molecule has 0 aromatic heterocycles. The van der Waals surface area contributed by atoms with E-state index in [1.54, 1.807) is 6.92 Å². The number of nitrogens with one attached hydrogen (secondary N) is 1. The van der Waals surface area contributed by atoms with Gasteiger partial charge >= 0.3 is 0 Å². The lowest BCUT2D eigenvalue weighted by atomic mass is 9.83. The van der Waals surface area contributed by atoms with E-state index in [0.29, 0.717) is 11.8 Å². The third-order valence-corrected chi connectivity index (χ3v) is 4.43. The van der Waals surface area contributed by atoms with E-state index in [4.69, 9.17) is 0 Å². The van der Waals surface area contributed by atoms with Crippen LogP contribution >= 0.6 is 0 Å². The normalized spacial score (nSPS) is 26.8. The van der Waals surface area contributed by atoms with Crippen molar-refractivity contribution in [1.29, 1.82) is 0 Å². The summed E-state index contributed by atoms with van der Waals surface area (Å²) in [5.41, 5.74) is 0. The fraction of sp³-hybridized carbons (Fsp3) is 0.882.